The molecule has 1 atom stereocenters. The molecule has 1 aliphatic heterocycles. The number of benzene rings is 3. The number of halogens is 2. The van der Waals surface area contributed by atoms with Gasteiger partial charge < -0.3 is 14.2 Å². The van der Waals surface area contributed by atoms with E-state index < -0.39 is 12.0 Å². The van der Waals surface area contributed by atoms with Crippen LogP contribution in [0, 0.1) is 0 Å². The van der Waals surface area contributed by atoms with Gasteiger partial charge >= 0.3 is 5.97 Å². The SMILES string of the molecule is COc1ccc([C@@H]2C(C(=O)OC(C)C)=C(C)N=c3s/c(=C\c4cc(Cl)ccc4OCc4cccc(Cl)c4)c(=O)n32)cc1. The molecule has 0 bridgehead atoms. The summed E-state index contributed by atoms with van der Waals surface area (Å²) in [7, 11) is 1.58. The number of hydrogen-bond acceptors (Lipinski definition) is 7. The van der Waals surface area contributed by atoms with Gasteiger partial charge in [0.1, 0.15) is 18.1 Å². The Kier molecular flexibility index (Phi) is 8.87. The van der Waals surface area contributed by atoms with Gasteiger partial charge in [-0.05, 0) is 80.4 Å². The quantitative estimate of drug-likeness (QED) is 0.223. The van der Waals surface area contributed by atoms with Crippen LogP contribution in [-0.4, -0.2) is 23.8 Å². The maximum Gasteiger partial charge on any atom is 0.338 e. The average Bonchev–Trinajstić information content (AvgIpc) is 3.25. The van der Waals surface area contributed by atoms with Crippen LogP contribution in [-0.2, 0) is 16.1 Å². The number of hydrogen-bond donors (Lipinski definition) is 0. The van der Waals surface area contributed by atoms with Gasteiger partial charge in [-0.25, -0.2) is 9.79 Å². The third-order valence-electron chi connectivity index (χ3n) is 6.56. The lowest BCUT2D eigenvalue weighted by Crippen LogP contribution is -2.40. The number of ether oxygens (including phenoxy) is 3. The predicted molar refractivity (Wildman–Crippen MR) is 165 cm³/mol. The van der Waals surface area contributed by atoms with Crippen LogP contribution in [0.15, 0.2) is 87.8 Å². The van der Waals surface area contributed by atoms with Crippen molar-refractivity contribution in [2.75, 3.05) is 7.11 Å². The van der Waals surface area contributed by atoms with Crippen molar-refractivity contribution in [3.8, 4) is 11.5 Å². The van der Waals surface area contributed by atoms with E-state index in [1.54, 1.807) is 74.9 Å². The Labute approximate surface area is 256 Å². The van der Waals surface area contributed by atoms with Crippen molar-refractivity contribution in [1.82, 2.24) is 4.57 Å². The summed E-state index contributed by atoms with van der Waals surface area (Å²) in [6, 6.07) is 19.2. The van der Waals surface area contributed by atoms with E-state index in [-0.39, 0.29) is 18.3 Å². The van der Waals surface area contributed by atoms with Gasteiger partial charge in [0.2, 0.25) is 0 Å². The largest absolute Gasteiger partial charge is 0.497 e. The first-order valence-electron chi connectivity index (χ1n) is 13.2. The van der Waals surface area contributed by atoms with Crippen LogP contribution in [0.4, 0.5) is 0 Å². The second-order valence-electron chi connectivity index (χ2n) is 9.91. The number of nitrogens with zero attached hydrogens (tertiary/aromatic N) is 2. The summed E-state index contributed by atoms with van der Waals surface area (Å²) in [6.45, 7) is 5.59. The summed E-state index contributed by atoms with van der Waals surface area (Å²) < 4.78 is 18.9. The minimum absolute atomic E-state index is 0.280. The molecule has 5 rings (SSSR count). The van der Waals surface area contributed by atoms with E-state index in [0.717, 1.165) is 11.1 Å². The lowest BCUT2D eigenvalue weighted by molar-refractivity contribution is -0.143. The number of methoxy groups -OCH3 is 1. The van der Waals surface area contributed by atoms with Gasteiger partial charge in [0, 0.05) is 15.6 Å². The van der Waals surface area contributed by atoms with Crippen molar-refractivity contribution in [2.24, 2.45) is 4.99 Å². The second-order valence-corrected chi connectivity index (χ2v) is 11.8. The molecule has 0 saturated carbocycles. The lowest BCUT2D eigenvalue weighted by atomic mass is 9.96. The number of fused-ring (bicyclic) bond motifs is 1. The number of allylic oxidation sites excluding steroid dienone is 1. The van der Waals surface area contributed by atoms with E-state index in [2.05, 4.69) is 4.99 Å². The molecule has 0 radical (unpaired) electrons. The van der Waals surface area contributed by atoms with Crippen LogP contribution in [0.2, 0.25) is 10.0 Å². The van der Waals surface area contributed by atoms with Crippen LogP contribution in [0.3, 0.4) is 0 Å². The highest BCUT2D eigenvalue weighted by molar-refractivity contribution is 7.07. The van der Waals surface area contributed by atoms with Crippen molar-refractivity contribution in [3.05, 3.63) is 124 Å². The van der Waals surface area contributed by atoms with Crippen molar-refractivity contribution in [2.45, 2.75) is 39.5 Å². The summed E-state index contributed by atoms with van der Waals surface area (Å²) in [6.07, 6.45) is 1.39. The van der Waals surface area contributed by atoms with Crippen molar-refractivity contribution in [1.29, 1.82) is 0 Å². The number of rotatable bonds is 8. The summed E-state index contributed by atoms with van der Waals surface area (Å²) >= 11 is 13.7. The topological polar surface area (TPSA) is 79.1 Å². The zero-order chi connectivity index (χ0) is 30.0. The molecule has 0 amide bonds. The maximum atomic E-state index is 14.0. The molecule has 0 fully saturated rings. The molecule has 0 spiro atoms. The summed E-state index contributed by atoms with van der Waals surface area (Å²) in [5, 5.41) is 1.11. The van der Waals surface area contributed by atoms with Crippen LogP contribution >= 0.6 is 34.5 Å². The molecule has 0 N–H and O–H groups in total. The molecule has 7 nitrogen and oxygen atoms in total. The van der Waals surface area contributed by atoms with Crippen molar-refractivity contribution < 1.29 is 19.0 Å². The van der Waals surface area contributed by atoms with Gasteiger partial charge in [-0.15, -0.1) is 0 Å². The predicted octanol–water partition coefficient (Wildman–Crippen LogP) is 6.08. The third kappa shape index (κ3) is 6.31. The fourth-order valence-corrected chi connectivity index (χ4v) is 6.09. The lowest BCUT2D eigenvalue weighted by Gasteiger charge is -2.25. The summed E-state index contributed by atoms with van der Waals surface area (Å²) in [5.41, 5.74) is 2.75. The molecule has 216 valence electrons. The zero-order valence-electron chi connectivity index (χ0n) is 23.4. The Hall–Kier alpha value is -3.85. The second kappa shape index (κ2) is 12.6. The van der Waals surface area contributed by atoms with Gasteiger partial charge in [0.05, 0.1) is 35.1 Å². The minimum Gasteiger partial charge on any atom is -0.497 e. The van der Waals surface area contributed by atoms with Gasteiger partial charge in [0.15, 0.2) is 4.80 Å². The Morgan fingerprint density at radius 2 is 1.81 bits per heavy atom. The van der Waals surface area contributed by atoms with Gasteiger partial charge in [-0.1, -0.05) is 58.8 Å². The standard InChI is InChI=1S/C32H28Cl2N2O5S/c1-18(2)41-31(38)28-19(3)35-32-36(29(28)21-8-11-25(39-4)12-9-21)30(37)27(42-32)16-22-15-24(34)10-13-26(22)40-17-20-6-5-7-23(33)14-20/h5-16,18,29H,17H2,1-4H3/b27-16-/t29-/m1/s1. The molecule has 10 heteroatoms. The number of carbonyl (C=O) groups is 1. The van der Waals surface area contributed by atoms with E-state index in [4.69, 9.17) is 37.4 Å². The molecule has 2 heterocycles. The van der Waals surface area contributed by atoms with Crippen LogP contribution < -0.4 is 24.4 Å². The smallest absolute Gasteiger partial charge is 0.338 e. The van der Waals surface area contributed by atoms with Crippen LogP contribution in [0.5, 0.6) is 11.5 Å². The monoisotopic (exact) mass is 622 g/mol. The summed E-state index contributed by atoms with van der Waals surface area (Å²) in [4.78, 5) is 32.5. The number of esters is 1. The Morgan fingerprint density at radius 3 is 2.50 bits per heavy atom. The molecule has 1 aromatic heterocycles. The molecular formula is C32H28Cl2N2O5S. The third-order valence-corrected chi connectivity index (χ3v) is 8.01. The molecule has 4 aromatic rings. The molecule has 3 aromatic carbocycles. The van der Waals surface area contributed by atoms with E-state index in [1.165, 1.54) is 11.3 Å². The highest BCUT2D eigenvalue weighted by Crippen LogP contribution is 2.32. The minimum atomic E-state index is -0.738. The zero-order valence-corrected chi connectivity index (χ0v) is 25.7. The van der Waals surface area contributed by atoms with E-state index in [9.17, 15) is 9.59 Å². The van der Waals surface area contributed by atoms with Crippen molar-refractivity contribution >= 4 is 46.6 Å². The van der Waals surface area contributed by atoms with Crippen LogP contribution in [0.1, 0.15) is 43.5 Å². The van der Waals surface area contributed by atoms with Gasteiger partial charge in [-0.2, -0.15) is 0 Å². The maximum absolute atomic E-state index is 14.0. The number of carbonyl (C=O) groups excluding carboxylic acids is 1. The van der Waals surface area contributed by atoms with E-state index in [1.807, 2.05) is 30.3 Å². The molecule has 0 saturated heterocycles. The molecule has 42 heavy (non-hydrogen) atoms. The van der Waals surface area contributed by atoms with E-state index >= 15 is 0 Å². The first kappa shape index (κ1) is 29.6. The first-order chi connectivity index (χ1) is 20.1. The normalized spacial score (nSPS) is 14.9. The number of aromatic nitrogens is 1. The van der Waals surface area contributed by atoms with Crippen LogP contribution in [0.25, 0.3) is 6.08 Å². The molecular weight excluding hydrogens is 595 g/mol. The highest BCUT2D eigenvalue weighted by atomic mass is 35.5. The highest BCUT2D eigenvalue weighted by Gasteiger charge is 2.33. The van der Waals surface area contributed by atoms with Gasteiger partial charge in [0.25, 0.3) is 5.56 Å². The molecule has 0 aliphatic carbocycles. The fourth-order valence-electron chi connectivity index (χ4n) is 4.65. The van der Waals surface area contributed by atoms with Crippen molar-refractivity contribution in [3.63, 3.8) is 0 Å². The molecule has 1 aliphatic rings. The summed E-state index contributed by atoms with van der Waals surface area (Å²) in [5.74, 6) is 0.687. The average molecular weight is 624 g/mol. The molecule has 0 unspecified atom stereocenters. The first-order valence-corrected chi connectivity index (χ1v) is 14.8. The number of thiazole rings is 1. The fraction of sp³-hybridized carbons (Fsp3) is 0.219. The Morgan fingerprint density at radius 1 is 1.07 bits per heavy atom. The Balaban J connectivity index is 1.62. The Bertz CT molecular complexity index is 1860. The van der Waals surface area contributed by atoms with E-state index in [0.29, 0.717) is 47.7 Å². The van der Waals surface area contributed by atoms with Gasteiger partial charge in [-0.3, -0.25) is 9.36 Å².